The molecular formula is C80H50N2O2. The van der Waals surface area contributed by atoms with Crippen LogP contribution in [0.2, 0.25) is 0 Å². The van der Waals surface area contributed by atoms with Crippen molar-refractivity contribution in [2.75, 3.05) is 9.80 Å². The summed E-state index contributed by atoms with van der Waals surface area (Å²) in [6, 6.07) is 105. The maximum absolute atomic E-state index is 6.89. The number of para-hydroxylation sites is 6. The monoisotopic (exact) mass is 1070 g/mol. The Morgan fingerprint density at radius 2 is 0.798 bits per heavy atom. The van der Waals surface area contributed by atoms with Crippen molar-refractivity contribution >= 4 is 110 Å². The van der Waals surface area contributed by atoms with Crippen LogP contribution in [0.15, 0.2) is 294 Å². The van der Waals surface area contributed by atoms with Crippen molar-refractivity contribution < 1.29 is 8.83 Å². The van der Waals surface area contributed by atoms with Gasteiger partial charge >= 0.3 is 0 Å². The molecule has 0 atom stereocenters. The Balaban J connectivity index is 0.912. The van der Waals surface area contributed by atoms with Gasteiger partial charge in [-0.05, 0) is 156 Å². The van der Waals surface area contributed by atoms with Gasteiger partial charge in [0.1, 0.15) is 11.2 Å². The van der Waals surface area contributed by atoms with Gasteiger partial charge in [0.25, 0.3) is 0 Å². The third kappa shape index (κ3) is 6.42. The highest BCUT2D eigenvalue weighted by Crippen LogP contribution is 2.67. The molecule has 0 bridgehead atoms. The number of aryl methyl sites for hydroxylation is 1. The fraction of sp³-hybridized carbons (Fsp3) is 0.0250. The molecule has 4 nitrogen and oxygen atoms in total. The Labute approximate surface area is 484 Å². The molecule has 392 valence electrons. The second-order valence-corrected chi connectivity index (χ2v) is 22.6. The number of hydrogen-bond donors (Lipinski definition) is 0. The zero-order chi connectivity index (χ0) is 55.2. The largest absolute Gasteiger partial charge is 0.454 e. The van der Waals surface area contributed by atoms with Crippen molar-refractivity contribution in [3.05, 3.63) is 313 Å². The van der Waals surface area contributed by atoms with E-state index < -0.39 is 5.41 Å². The van der Waals surface area contributed by atoms with E-state index in [4.69, 9.17) is 8.83 Å². The Bertz CT molecular complexity index is 5390. The van der Waals surface area contributed by atoms with Gasteiger partial charge in [0.05, 0.1) is 22.5 Å². The van der Waals surface area contributed by atoms with Crippen LogP contribution in [-0.2, 0) is 5.41 Å². The van der Waals surface area contributed by atoms with Crippen LogP contribution in [0, 0.1) is 6.92 Å². The minimum absolute atomic E-state index is 0.683. The zero-order valence-electron chi connectivity index (χ0n) is 45.8. The highest BCUT2D eigenvalue weighted by molar-refractivity contribution is 6.23. The summed E-state index contributed by atoms with van der Waals surface area (Å²) in [5.41, 5.74) is 22.8. The summed E-state index contributed by atoms with van der Waals surface area (Å²) in [4.78, 5) is 4.82. The first kappa shape index (κ1) is 46.8. The maximum Gasteiger partial charge on any atom is 0.159 e. The topological polar surface area (TPSA) is 32.8 Å². The number of rotatable bonds is 7. The smallest absolute Gasteiger partial charge is 0.159 e. The summed E-state index contributed by atoms with van der Waals surface area (Å²) in [5, 5.41) is 11.6. The Morgan fingerprint density at radius 3 is 1.46 bits per heavy atom. The Morgan fingerprint density at radius 1 is 0.298 bits per heavy atom. The summed E-state index contributed by atoms with van der Waals surface area (Å²) in [6.07, 6.45) is 0. The third-order valence-corrected chi connectivity index (χ3v) is 18.3. The van der Waals surface area contributed by atoms with Crippen LogP contribution in [0.3, 0.4) is 0 Å². The first-order chi connectivity index (χ1) is 41.6. The fourth-order valence-corrected chi connectivity index (χ4v) is 14.9. The van der Waals surface area contributed by atoms with Gasteiger partial charge < -0.3 is 18.6 Å². The van der Waals surface area contributed by atoms with Gasteiger partial charge in [0.2, 0.25) is 0 Å². The molecule has 16 aromatic rings. The Kier molecular flexibility index (Phi) is 9.90. The SMILES string of the molecule is Cc1ccccc1N(c1ccc2c3c(c4ccccc4c2c1)-c1ccc2cc(N(c4ccccc4-c4ccccc4)c4cccc5c4oc4ccccc45)ccc2c1C31c2ccccc2-c2ccccc21)c1cccc2c1oc1ccccc12. The molecule has 14 aromatic carbocycles. The zero-order valence-corrected chi connectivity index (χ0v) is 45.8. The second kappa shape index (κ2) is 17.8. The molecule has 2 heterocycles. The predicted octanol–water partition coefficient (Wildman–Crippen LogP) is 22.2. The van der Waals surface area contributed by atoms with Crippen LogP contribution in [0.25, 0.3) is 110 Å². The van der Waals surface area contributed by atoms with Crippen molar-refractivity contribution in [2.45, 2.75) is 12.3 Å². The number of benzene rings is 14. The first-order valence-corrected chi connectivity index (χ1v) is 29.0. The first-order valence-electron chi connectivity index (χ1n) is 29.0. The number of fused-ring (bicyclic) bond motifs is 23. The van der Waals surface area contributed by atoms with E-state index >= 15 is 0 Å². The molecule has 0 radical (unpaired) electrons. The van der Waals surface area contributed by atoms with Gasteiger partial charge in [-0.25, -0.2) is 0 Å². The van der Waals surface area contributed by atoms with E-state index in [1.807, 2.05) is 0 Å². The molecule has 84 heavy (non-hydrogen) atoms. The van der Waals surface area contributed by atoms with E-state index in [9.17, 15) is 0 Å². The molecule has 0 unspecified atom stereocenters. The van der Waals surface area contributed by atoms with Crippen molar-refractivity contribution in [3.8, 4) is 33.4 Å². The van der Waals surface area contributed by atoms with Crippen LogP contribution in [0.4, 0.5) is 34.1 Å². The summed E-state index contributed by atoms with van der Waals surface area (Å²) in [5.74, 6) is 0. The van der Waals surface area contributed by atoms with E-state index in [2.05, 4.69) is 302 Å². The molecule has 0 amide bonds. The highest BCUT2D eigenvalue weighted by atomic mass is 16.3. The molecule has 0 aliphatic heterocycles. The molecule has 2 aliphatic rings. The minimum atomic E-state index is -0.683. The minimum Gasteiger partial charge on any atom is -0.454 e. The van der Waals surface area contributed by atoms with Crippen molar-refractivity contribution in [2.24, 2.45) is 0 Å². The number of hydrogen-bond acceptors (Lipinski definition) is 4. The summed E-state index contributed by atoms with van der Waals surface area (Å²) in [7, 11) is 0. The van der Waals surface area contributed by atoms with Crippen LogP contribution >= 0.6 is 0 Å². The molecule has 2 aromatic heterocycles. The normalized spacial score (nSPS) is 12.9. The quantitative estimate of drug-likeness (QED) is 0.149. The number of nitrogens with zero attached hydrogens (tertiary/aromatic N) is 2. The van der Waals surface area contributed by atoms with Gasteiger partial charge in [-0.1, -0.05) is 224 Å². The lowest BCUT2D eigenvalue weighted by molar-refractivity contribution is 0.668. The molecule has 4 heteroatoms. The summed E-state index contributed by atoms with van der Waals surface area (Å²) in [6.45, 7) is 2.20. The van der Waals surface area contributed by atoms with E-state index in [1.54, 1.807) is 0 Å². The molecule has 2 aliphatic carbocycles. The maximum atomic E-state index is 6.89. The summed E-state index contributed by atoms with van der Waals surface area (Å²) < 4.78 is 13.7. The van der Waals surface area contributed by atoms with Gasteiger partial charge in [-0.15, -0.1) is 0 Å². The molecule has 0 N–H and O–H groups in total. The van der Waals surface area contributed by atoms with E-state index in [0.29, 0.717) is 0 Å². The lowest BCUT2D eigenvalue weighted by atomic mass is 9.68. The van der Waals surface area contributed by atoms with E-state index in [0.717, 1.165) is 94.5 Å². The van der Waals surface area contributed by atoms with Gasteiger partial charge in [-0.3, -0.25) is 0 Å². The summed E-state index contributed by atoms with van der Waals surface area (Å²) >= 11 is 0. The second-order valence-electron chi connectivity index (χ2n) is 22.6. The average molecular weight is 1070 g/mol. The molecule has 0 saturated heterocycles. The van der Waals surface area contributed by atoms with Crippen LogP contribution in [0.1, 0.15) is 27.8 Å². The number of anilines is 6. The molecule has 0 saturated carbocycles. The van der Waals surface area contributed by atoms with Crippen LogP contribution < -0.4 is 9.80 Å². The molecular weight excluding hydrogens is 1020 g/mol. The third-order valence-electron chi connectivity index (χ3n) is 18.3. The number of furan rings is 2. The lowest BCUT2D eigenvalue weighted by Crippen LogP contribution is -2.26. The van der Waals surface area contributed by atoms with Crippen molar-refractivity contribution in [1.82, 2.24) is 0 Å². The van der Waals surface area contributed by atoms with E-state index in [1.165, 1.54) is 77.0 Å². The standard InChI is InChI=1S/C80H50N2O2/c1-49-21-5-15-35-69(49)81(71-37-19-31-63-59-28-11-17-39-73(59)83-78(63)71)53-43-46-62-66(48-53)56-25-6-7-30-61(56)75-65-44-41-51-47-52(42-45-55(51)76(65)80(77(62)75)67-33-13-8-26-57(67)58-27-9-14-34-68(58)80)82(70-36-16-10-24-54(70)50-22-3-2-4-23-50)72-38-20-32-64-60-29-12-18-40-74(60)84-79(64)72/h2-48H,1H3. The average Bonchev–Trinajstić information content (AvgIpc) is 1.58. The van der Waals surface area contributed by atoms with Gasteiger partial charge in [-0.2, -0.15) is 0 Å². The molecule has 1 spiro atoms. The van der Waals surface area contributed by atoms with Crippen molar-refractivity contribution in [1.29, 1.82) is 0 Å². The lowest BCUT2D eigenvalue weighted by Gasteiger charge is -2.33. The van der Waals surface area contributed by atoms with Gasteiger partial charge in [0.15, 0.2) is 11.2 Å². The molecule has 0 fully saturated rings. The highest BCUT2D eigenvalue weighted by Gasteiger charge is 2.54. The predicted molar refractivity (Wildman–Crippen MR) is 349 cm³/mol. The Hall–Kier alpha value is -10.9. The van der Waals surface area contributed by atoms with E-state index in [-0.39, 0.29) is 0 Å². The van der Waals surface area contributed by atoms with Gasteiger partial charge in [0, 0.05) is 44.2 Å². The fourth-order valence-electron chi connectivity index (χ4n) is 14.9. The molecule has 18 rings (SSSR count). The van der Waals surface area contributed by atoms with Crippen molar-refractivity contribution in [3.63, 3.8) is 0 Å². The van der Waals surface area contributed by atoms with Crippen LogP contribution in [0.5, 0.6) is 0 Å². The van der Waals surface area contributed by atoms with Crippen LogP contribution in [-0.4, -0.2) is 0 Å².